The molecule has 0 fully saturated rings. The number of carbonyl (C=O) groups is 1. The molecular formula is C15H17BrN4O3S2. The number of carbonyl (C=O) groups excluding carboxylic acids is 1. The van der Waals surface area contributed by atoms with Crippen LogP contribution in [-0.2, 0) is 14.4 Å². The van der Waals surface area contributed by atoms with Gasteiger partial charge in [0, 0.05) is 11.9 Å². The van der Waals surface area contributed by atoms with E-state index in [0.29, 0.717) is 16.5 Å². The zero-order valence-corrected chi connectivity index (χ0v) is 16.8. The molecule has 7 nitrogen and oxygen atoms in total. The van der Waals surface area contributed by atoms with Crippen LogP contribution >= 0.6 is 27.7 Å². The van der Waals surface area contributed by atoms with Crippen molar-refractivity contribution >= 4 is 61.0 Å². The van der Waals surface area contributed by atoms with Crippen molar-refractivity contribution < 1.29 is 13.7 Å². The van der Waals surface area contributed by atoms with E-state index in [-0.39, 0.29) is 6.61 Å². The summed E-state index contributed by atoms with van der Waals surface area (Å²) in [7, 11) is -3.03. The molecule has 0 saturated heterocycles. The predicted molar refractivity (Wildman–Crippen MR) is 105 cm³/mol. The van der Waals surface area contributed by atoms with Gasteiger partial charge in [-0.1, -0.05) is 6.07 Å². The van der Waals surface area contributed by atoms with E-state index in [2.05, 4.69) is 41.8 Å². The van der Waals surface area contributed by atoms with Crippen molar-refractivity contribution in [2.45, 2.75) is 16.8 Å². The minimum atomic E-state index is -3.03. The van der Waals surface area contributed by atoms with Gasteiger partial charge in [0.05, 0.1) is 25.7 Å². The highest BCUT2D eigenvalue weighted by Crippen LogP contribution is 2.25. The molecule has 0 aliphatic rings. The molecular weight excluding hydrogens is 428 g/mol. The standard InChI is InChI=1S/C15H17BrN4O3S2/c1-4-23-15(21)20-25(3,22)11-7-5-6-10(8-11)18-14-17-9-12(16)13(19-14)24-2/h5-9H,3-4H2,1-2H3,(H,17,18,19)(H,20,21,22). The van der Waals surface area contributed by atoms with Crippen LogP contribution in [0, 0.1) is 0 Å². The Kier molecular flexibility index (Phi) is 6.68. The zero-order chi connectivity index (χ0) is 18.4. The molecule has 1 heterocycles. The lowest BCUT2D eigenvalue weighted by Crippen LogP contribution is -2.31. The third-order valence-electron chi connectivity index (χ3n) is 2.90. The second-order valence-corrected chi connectivity index (χ2v) is 8.38. The van der Waals surface area contributed by atoms with E-state index < -0.39 is 15.8 Å². The lowest BCUT2D eigenvalue weighted by molar-refractivity contribution is 0.159. The maximum Gasteiger partial charge on any atom is 0.418 e. The molecule has 25 heavy (non-hydrogen) atoms. The molecule has 2 N–H and O–H groups in total. The van der Waals surface area contributed by atoms with Crippen molar-refractivity contribution in [3.63, 3.8) is 0 Å². The normalized spacial score (nSPS) is 12.9. The van der Waals surface area contributed by atoms with Crippen LogP contribution in [0.5, 0.6) is 0 Å². The summed E-state index contributed by atoms with van der Waals surface area (Å²) in [4.78, 5) is 20.4. The van der Waals surface area contributed by atoms with Crippen molar-refractivity contribution in [2.24, 2.45) is 0 Å². The third kappa shape index (κ3) is 5.35. The number of ether oxygens (including phenoxy) is 1. The van der Waals surface area contributed by atoms with Gasteiger partial charge in [-0.3, -0.25) is 0 Å². The van der Waals surface area contributed by atoms with Gasteiger partial charge in [-0.2, -0.15) is 0 Å². The number of rotatable bonds is 6. The topological polar surface area (TPSA) is 93.2 Å². The fraction of sp³-hybridized carbons (Fsp3) is 0.200. The maximum absolute atomic E-state index is 12.6. The summed E-state index contributed by atoms with van der Waals surface area (Å²) in [5.74, 6) is 4.00. The lowest BCUT2D eigenvalue weighted by atomic mass is 10.3. The number of thioether (sulfide) groups is 1. The SMILES string of the molecule is C=S(=O)(NC(=O)OCC)c1cccc(Nc2ncc(Br)c(SC)n2)c1. The number of aromatic nitrogens is 2. The molecule has 2 aromatic rings. The van der Waals surface area contributed by atoms with Crippen LogP contribution in [0.15, 0.2) is 44.9 Å². The van der Waals surface area contributed by atoms with E-state index in [1.807, 2.05) is 6.26 Å². The summed E-state index contributed by atoms with van der Waals surface area (Å²) in [5.41, 5.74) is 0.619. The Morgan fingerprint density at radius 3 is 2.92 bits per heavy atom. The van der Waals surface area contributed by atoms with Crippen LogP contribution in [0.25, 0.3) is 0 Å². The molecule has 1 aromatic carbocycles. The summed E-state index contributed by atoms with van der Waals surface area (Å²) >= 11 is 4.86. The Hall–Kier alpha value is -1.78. The first-order valence-corrected chi connectivity index (χ1v) is 10.9. The van der Waals surface area contributed by atoms with Gasteiger partial charge in [0.1, 0.15) is 5.03 Å². The molecule has 1 amide bonds. The first-order valence-electron chi connectivity index (χ1n) is 7.11. The second kappa shape index (κ2) is 8.54. The fourth-order valence-electron chi connectivity index (χ4n) is 1.82. The first-order chi connectivity index (χ1) is 11.9. The van der Waals surface area contributed by atoms with Gasteiger partial charge in [0.2, 0.25) is 5.95 Å². The van der Waals surface area contributed by atoms with Crippen LogP contribution in [-0.4, -0.2) is 39.0 Å². The minimum Gasteiger partial charge on any atom is -0.449 e. The lowest BCUT2D eigenvalue weighted by Gasteiger charge is -2.13. The molecule has 0 aliphatic carbocycles. The highest BCUT2D eigenvalue weighted by Gasteiger charge is 2.13. The van der Waals surface area contributed by atoms with Crippen molar-refractivity contribution in [3.8, 4) is 0 Å². The molecule has 1 aromatic heterocycles. The average Bonchev–Trinajstić information content (AvgIpc) is 2.56. The number of benzene rings is 1. The van der Waals surface area contributed by atoms with Gasteiger partial charge in [-0.05, 0) is 53.2 Å². The second-order valence-electron chi connectivity index (χ2n) is 4.70. The molecule has 2 rings (SSSR count). The Balaban J connectivity index is 2.22. The summed E-state index contributed by atoms with van der Waals surface area (Å²) in [6, 6.07) is 6.70. The van der Waals surface area contributed by atoms with Gasteiger partial charge in [0.25, 0.3) is 0 Å². The van der Waals surface area contributed by atoms with Crippen molar-refractivity contribution in [3.05, 3.63) is 34.9 Å². The summed E-state index contributed by atoms with van der Waals surface area (Å²) in [6.07, 6.45) is 2.79. The van der Waals surface area contributed by atoms with Gasteiger partial charge >= 0.3 is 6.09 Å². The minimum absolute atomic E-state index is 0.182. The van der Waals surface area contributed by atoms with E-state index >= 15 is 0 Å². The van der Waals surface area contributed by atoms with Gasteiger partial charge < -0.3 is 10.1 Å². The average molecular weight is 445 g/mol. The van der Waals surface area contributed by atoms with Crippen LogP contribution in [0.1, 0.15) is 6.92 Å². The number of anilines is 2. The molecule has 134 valence electrons. The Bertz CT molecular complexity index is 875. The largest absolute Gasteiger partial charge is 0.449 e. The molecule has 1 unspecified atom stereocenters. The molecule has 1 atom stereocenters. The molecule has 10 heteroatoms. The van der Waals surface area contributed by atoms with E-state index in [1.165, 1.54) is 11.8 Å². The Labute approximate surface area is 159 Å². The van der Waals surface area contributed by atoms with Gasteiger partial charge in [-0.15, -0.1) is 11.8 Å². The summed E-state index contributed by atoms with van der Waals surface area (Å²) in [6.45, 7) is 1.84. The van der Waals surface area contributed by atoms with E-state index in [9.17, 15) is 9.00 Å². The first kappa shape index (κ1) is 19.5. The van der Waals surface area contributed by atoms with Crippen LogP contribution < -0.4 is 10.0 Å². The predicted octanol–water partition coefficient (Wildman–Crippen LogP) is 3.44. The number of hydrogen-bond donors (Lipinski definition) is 2. The Morgan fingerprint density at radius 1 is 1.48 bits per heavy atom. The van der Waals surface area contributed by atoms with Gasteiger partial charge in [-0.25, -0.2) is 23.7 Å². The molecule has 0 spiro atoms. The van der Waals surface area contributed by atoms with Crippen LogP contribution in [0.3, 0.4) is 0 Å². The molecule has 0 aliphatic heterocycles. The number of nitrogens with zero attached hydrogens (tertiary/aromatic N) is 2. The third-order valence-corrected chi connectivity index (χ3v) is 5.95. The fourth-order valence-corrected chi connectivity index (χ4v) is 3.98. The highest BCUT2D eigenvalue weighted by molar-refractivity contribution is 9.10. The van der Waals surface area contributed by atoms with Crippen molar-refractivity contribution in [1.82, 2.24) is 14.7 Å². The summed E-state index contributed by atoms with van der Waals surface area (Å²) < 4.78 is 20.5. The molecule has 0 bridgehead atoms. The monoisotopic (exact) mass is 444 g/mol. The zero-order valence-electron chi connectivity index (χ0n) is 13.6. The molecule has 0 radical (unpaired) electrons. The molecule has 0 saturated carbocycles. The van der Waals surface area contributed by atoms with Gasteiger partial charge in [0.15, 0.2) is 0 Å². The summed E-state index contributed by atoms with van der Waals surface area (Å²) in [5, 5.41) is 3.83. The maximum atomic E-state index is 12.6. The quantitative estimate of drug-likeness (QED) is 0.400. The van der Waals surface area contributed by atoms with Crippen molar-refractivity contribution in [1.29, 1.82) is 0 Å². The number of halogens is 1. The van der Waals surface area contributed by atoms with Crippen molar-refractivity contribution in [2.75, 3.05) is 18.2 Å². The van der Waals surface area contributed by atoms with E-state index in [4.69, 9.17) is 4.74 Å². The number of hydrogen-bond acceptors (Lipinski definition) is 7. The van der Waals surface area contributed by atoms with Crippen LogP contribution in [0.2, 0.25) is 0 Å². The highest BCUT2D eigenvalue weighted by atomic mass is 79.9. The number of amides is 1. The Morgan fingerprint density at radius 2 is 2.24 bits per heavy atom. The van der Waals surface area contributed by atoms with E-state index in [1.54, 1.807) is 37.4 Å². The number of nitrogens with one attached hydrogen (secondary N) is 2. The smallest absolute Gasteiger partial charge is 0.418 e. The van der Waals surface area contributed by atoms with E-state index in [0.717, 1.165) is 9.50 Å². The van der Waals surface area contributed by atoms with Crippen LogP contribution in [0.4, 0.5) is 16.4 Å².